The number of thiazole rings is 1. The fourth-order valence-corrected chi connectivity index (χ4v) is 2.50. The highest BCUT2D eigenvalue weighted by atomic mass is 32.1. The Hall–Kier alpha value is -2.46. The summed E-state index contributed by atoms with van der Waals surface area (Å²) in [4.78, 5) is 14.8. The van der Waals surface area contributed by atoms with Gasteiger partial charge in [0.2, 0.25) is 0 Å². The van der Waals surface area contributed by atoms with Crippen molar-refractivity contribution < 1.29 is 4.92 Å². The first-order chi connectivity index (χ1) is 9.44. The summed E-state index contributed by atoms with van der Waals surface area (Å²) in [5, 5.41) is 25.7. The van der Waals surface area contributed by atoms with Crippen LogP contribution in [0, 0.1) is 21.4 Å². The molecule has 1 heterocycles. The van der Waals surface area contributed by atoms with Gasteiger partial charge >= 0.3 is 0 Å². The quantitative estimate of drug-likeness (QED) is 0.688. The Balaban J connectivity index is 2.39. The molecule has 1 aromatic heterocycles. The molecule has 0 amide bonds. The molecule has 1 N–H and O–H groups in total. The molecule has 102 valence electrons. The normalized spacial score (nSPS) is 10.8. The number of nitro groups is 1. The Morgan fingerprint density at radius 3 is 2.80 bits per heavy atom. The Morgan fingerprint density at radius 1 is 1.50 bits per heavy atom. The van der Waals surface area contributed by atoms with Crippen molar-refractivity contribution in [1.82, 2.24) is 4.98 Å². The summed E-state index contributed by atoms with van der Waals surface area (Å²) in [5.74, 6) is 0. The third-order valence-electron chi connectivity index (χ3n) is 2.74. The van der Waals surface area contributed by atoms with Crippen LogP contribution >= 0.6 is 11.3 Å². The molecule has 0 radical (unpaired) electrons. The number of nitrogens with one attached hydrogen (secondary N) is 1. The summed E-state index contributed by atoms with van der Waals surface area (Å²) in [5.41, 5.74) is -0.0234. The van der Waals surface area contributed by atoms with Gasteiger partial charge in [-0.1, -0.05) is 0 Å². The van der Waals surface area contributed by atoms with Crippen LogP contribution in [0.4, 0.5) is 11.4 Å². The molecule has 0 aliphatic carbocycles. The van der Waals surface area contributed by atoms with Crippen molar-refractivity contribution in [3.8, 4) is 6.07 Å². The van der Waals surface area contributed by atoms with Crippen LogP contribution in [0.25, 0.3) is 0 Å². The van der Waals surface area contributed by atoms with Gasteiger partial charge in [0.05, 0.1) is 22.1 Å². The van der Waals surface area contributed by atoms with Crippen LogP contribution in [0.3, 0.4) is 0 Å². The lowest BCUT2D eigenvalue weighted by Crippen LogP contribution is -2.28. The van der Waals surface area contributed by atoms with Crippen LogP contribution in [-0.4, -0.2) is 9.91 Å². The highest BCUT2D eigenvalue weighted by molar-refractivity contribution is 7.09. The molecule has 0 bridgehead atoms. The van der Waals surface area contributed by atoms with Crippen molar-refractivity contribution in [2.75, 3.05) is 5.32 Å². The number of hydrogen-bond acceptors (Lipinski definition) is 6. The summed E-state index contributed by atoms with van der Waals surface area (Å²) in [7, 11) is 0. The predicted molar refractivity (Wildman–Crippen MR) is 76.6 cm³/mol. The third-order valence-corrected chi connectivity index (χ3v) is 3.83. The zero-order chi connectivity index (χ0) is 14.8. The lowest BCUT2D eigenvalue weighted by molar-refractivity contribution is -0.384. The van der Waals surface area contributed by atoms with E-state index in [1.54, 1.807) is 18.3 Å². The zero-order valence-electron chi connectivity index (χ0n) is 11.0. The molecule has 0 aliphatic rings. The van der Waals surface area contributed by atoms with Crippen LogP contribution in [0.15, 0.2) is 29.8 Å². The number of aromatic nitrogens is 1. The average Bonchev–Trinajstić information content (AvgIpc) is 2.93. The topological polar surface area (TPSA) is 91.8 Å². The van der Waals surface area contributed by atoms with Gasteiger partial charge in [0.1, 0.15) is 10.7 Å². The van der Waals surface area contributed by atoms with Crippen molar-refractivity contribution in [2.45, 2.75) is 19.4 Å². The summed E-state index contributed by atoms with van der Waals surface area (Å²) >= 11 is 1.48. The van der Waals surface area contributed by atoms with Gasteiger partial charge in [-0.3, -0.25) is 10.1 Å². The maximum Gasteiger partial charge on any atom is 0.293 e. The average molecular weight is 288 g/mol. The molecule has 0 fully saturated rings. The van der Waals surface area contributed by atoms with E-state index in [1.165, 1.54) is 17.4 Å². The number of hydrogen-bond donors (Lipinski definition) is 1. The minimum atomic E-state index is -0.535. The first-order valence-electron chi connectivity index (χ1n) is 5.81. The molecular formula is C13H12N4O2S. The van der Waals surface area contributed by atoms with Crippen molar-refractivity contribution in [2.24, 2.45) is 0 Å². The molecule has 6 nitrogen and oxygen atoms in total. The summed E-state index contributed by atoms with van der Waals surface area (Å²) < 4.78 is 0. The fraction of sp³-hybridized carbons (Fsp3) is 0.231. The van der Waals surface area contributed by atoms with Crippen LogP contribution in [0.1, 0.15) is 24.4 Å². The van der Waals surface area contributed by atoms with Gasteiger partial charge in [0, 0.05) is 17.6 Å². The number of nitriles is 1. The Labute approximate surface area is 119 Å². The predicted octanol–water partition coefficient (Wildman–Crippen LogP) is 3.27. The smallest absolute Gasteiger partial charge is 0.293 e. The van der Waals surface area contributed by atoms with Crippen molar-refractivity contribution in [1.29, 1.82) is 5.26 Å². The molecule has 0 saturated heterocycles. The van der Waals surface area contributed by atoms with E-state index >= 15 is 0 Å². The van der Waals surface area contributed by atoms with Gasteiger partial charge in [0.15, 0.2) is 0 Å². The van der Waals surface area contributed by atoms with Gasteiger partial charge in [0.25, 0.3) is 5.69 Å². The maximum atomic E-state index is 11.1. The van der Waals surface area contributed by atoms with Crippen LogP contribution in [0.5, 0.6) is 0 Å². The number of nitro benzene ring substituents is 1. The first kappa shape index (κ1) is 14.0. The first-order valence-corrected chi connectivity index (χ1v) is 6.69. The van der Waals surface area contributed by atoms with E-state index in [2.05, 4.69) is 10.3 Å². The molecule has 0 aliphatic heterocycles. The van der Waals surface area contributed by atoms with Crippen molar-refractivity contribution in [3.63, 3.8) is 0 Å². The van der Waals surface area contributed by atoms with E-state index < -0.39 is 10.5 Å². The van der Waals surface area contributed by atoms with Gasteiger partial charge < -0.3 is 5.32 Å². The van der Waals surface area contributed by atoms with Gasteiger partial charge in [-0.2, -0.15) is 5.26 Å². The second kappa shape index (κ2) is 5.27. The highest BCUT2D eigenvalue weighted by Gasteiger charge is 2.26. The van der Waals surface area contributed by atoms with E-state index in [0.29, 0.717) is 5.69 Å². The second-order valence-electron chi connectivity index (χ2n) is 4.69. The number of benzene rings is 1. The monoisotopic (exact) mass is 288 g/mol. The lowest BCUT2D eigenvalue weighted by Gasteiger charge is -2.25. The maximum absolute atomic E-state index is 11.1. The standard InChI is InChI=1S/C13H12N4O2S/c1-13(2,12-15-5-6-20-12)16-10-4-3-9(8-14)7-11(10)17(18)19/h3-7,16H,1-2H3. The molecular weight excluding hydrogens is 276 g/mol. The Morgan fingerprint density at radius 2 is 2.25 bits per heavy atom. The molecule has 7 heteroatoms. The molecule has 0 unspecified atom stereocenters. The lowest BCUT2D eigenvalue weighted by atomic mass is 10.1. The molecule has 2 aromatic rings. The molecule has 2 rings (SSSR count). The van der Waals surface area contributed by atoms with E-state index in [-0.39, 0.29) is 11.3 Å². The van der Waals surface area contributed by atoms with Crippen LogP contribution in [0.2, 0.25) is 0 Å². The van der Waals surface area contributed by atoms with E-state index in [9.17, 15) is 10.1 Å². The number of rotatable bonds is 4. The number of anilines is 1. The zero-order valence-corrected chi connectivity index (χ0v) is 11.8. The molecule has 1 aromatic carbocycles. The highest BCUT2D eigenvalue weighted by Crippen LogP contribution is 2.32. The molecule has 0 saturated carbocycles. The van der Waals surface area contributed by atoms with Gasteiger partial charge in [-0.25, -0.2) is 4.98 Å². The van der Waals surface area contributed by atoms with Gasteiger partial charge in [-0.15, -0.1) is 11.3 Å². The van der Waals surface area contributed by atoms with Gasteiger partial charge in [-0.05, 0) is 26.0 Å². The Kier molecular flexibility index (Phi) is 3.68. The van der Waals surface area contributed by atoms with Crippen LogP contribution in [-0.2, 0) is 5.54 Å². The summed E-state index contributed by atoms with van der Waals surface area (Å²) in [6.07, 6.45) is 1.69. The Bertz CT molecular complexity index is 674. The SMILES string of the molecule is CC(C)(Nc1ccc(C#N)cc1[N+](=O)[O-])c1nccs1. The summed E-state index contributed by atoms with van der Waals surface area (Å²) in [6.45, 7) is 3.79. The second-order valence-corrected chi connectivity index (χ2v) is 5.58. The molecule has 0 spiro atoms. The minimum absolute atomic E-state index is 0.117. The third kappa shape index (κ3) is 2.75. The molecule has 20 heavy (non-hydrogen) atoms. The fourth-order valence-electron chi connectivity index (χ4n) is 1.78. The summed E-state index contributed by atoms with van der Waals surface area (Å²) in [6, 6.07) is 6.26. The largest absolute Gasteiger partial charge is 0.368 e. The molecule has 0 atom stereocenters. The van der Waals surface area contributed by atoms with E-state index in [4.69, 9.17) is 5.26 Å². The minimum Gasteiger partial charge on any atom is -0.368 e. The van der Waals surface area contributed by atoms with E-state index in [1.807, 2.05) is 25.3 Å². The van der Waals surface area contributed by atoms with Crippen molar-refractivity contribution in [3.05, 3.63) is 50.5 Å². The number of nitrogens with zero attached hydrogens (tertiary/aromatic N) is 3. The van der Waals surface area contributed by atoms with Crippen LogP contribution < -0.4 is 5.32 Å². The van der Waals surface area contributed by atoms with E-state index in [0.717, 1.165) is 5.01 Å². The van der Waals surface area contributed by atoms with Crippen molar-refractivity contribution >= 4 is 22.7 Å².